The summed E-state index contributed by atoms with van der Waals surface area (Å²) in [4.78, 5) is 0. The zero-order chi connectivity index (χ0) is 14.5. The molecule has 6 heteroatoms. The van der Waals surface area contributed by atoms with E-state index in [0.29, 0.717) is 12.0 Å². The van der Waals surface area contributed by atoms with Gasteiger partial charge in [-0.25, -0.2) is 0 Å². The first kappa shape index (κ1) is 14.5. The summed E-state index contributed by atoms with van der Waals surface area (Å²) in [5.41, 5.74) is 1.73. The van der Waals surface area contributed by atoms with Crippen LogP contribution in [0.4, 0.5) is 8.78 Å². The molecule has 1 aromatic carbocycles. The summed E-state index contributed by atoms with van der Waals surface area (Å²) in [5, 5.41) is 7.23. The third-order valence-corrected chi connectivity index (χ3v) is 3.06. The third kappa shape index (κ3) is 3.54. The first-order chi connectivity index (χ1) is 9.60. The smallest absolute Gasteiger partial charge is 0.387 e. The fraction of sp³-hybridized carbons (Fsp3) is 0.357. The molecule has 0 aliphatic carbocycles. The number of alkyl halides is 2. The molecule has 1 unspecified atom stereocenters. The lowest BCUT2D eigenvalue weighted by molar-refractivity contribution is -0.0507. The van der Waals surface area contributed by atoms with Crippen LogP contribution in [0.5, 0.6) is 5.75 Å². The number of likely N-dealkylation sites (N-methyl/N-ethyl adjacent to an activating group) is 1. The van der Waals surface area contributed by atoms with E-state index in [1.807, 2.05) is 13.2 Å². The van der Waals surface area contributed by atoms with Gasteiger partial charge in [0.25, 0.3) is 0 Å². The summed E-state index contributed by atoms with van der Waals surface area (Å²) in [5.74, 6) is 0.200. The maximum Gasteiger partial charge on any atom is 0.387 e. The Kier molecular flexibility index (Phi) is 4.68. The van der Waals surface area contributed by atoms with E-state index in [-0.39, 0.29) is 11.8 Å². The molecule has 108 valence electrons. The molecule has 4 nitrogen and oxygen atoms in total. The highest BCUT2D eigenvalue weighted by Crippen LogP contribution is 2.28. The summed E-state index contributed by atoms with van der Waals surface area (Å²) in [7, 11) is 3.63. The second kappa shape index (κ2) is 6.47. The predicted octanol–water partition coefficient (Wildman–Crippen LogP) is 2.52. The van der Waals surface area contributed by atoms with Crippen LogP contribution in [0.25, 0.3) is 0 Å². The summed E-state index contributed by atoms with van der Waals surface area (Å²) in [6, 6.07) is 6.71. The van der Waals surface area contributed by atoms with E-state index in [9.17, 15) is 8.78 Å². The van der Waals surface area contributed by atoms with Gasteiger partial charge in [-0.3, -0.25) is 4.68 Å². The van der Waals surface area contributed by atoms with E-state index in [1.54, 1.807) is 42.2 Å². The number of aryl methyl sites for hydroxylation is 1. The molecule has 0 fully saturated rings. The lowest BCUT2D eigenvalue weighted by atomic mass is 10.00. The minimum Gasteiger partial charge on any atom is -0.434 e. The minimum absolute atomic E-state index is 0.117. The van der Waals surface area contributed by atoms with Crippen LogP contribution in [-0.4, -0.2) is 23.4 Å². The van der Waals surface area contributed by atoms with Crippen LogP contribution in [0.15, 0.2) is 36.7 Å². The molecule has 0 saturated heterocycles. The Labute approximate surface area is 116 Å². The zero-order valence-corrected chi connectivity index (χ0v) is 11.4. The molecule has 0 aliphatic heterocycles. The Balaban J connectivity index is 2.22. The Morgan fingerprint density at radius 1 is 1.35 bits per heavy atom. The number of ether oxygens (including phenoxy) is 1. The summed E-state index contributed by atoms with van der Waals surface area (Å²) >= 11 is 0. The van der Waals surface area contributed by atoms with Crippen molar-refractivity contribution >= 4 is 0 Å². The van der Waals surface area contributed by atoms with Crippen LogP contribution < -0.4 is 10.1 Å². The van der Waals surface area contributed by atoms with E-state index >= 15 is 0 Å². The van der Waals surface area contributed by atoms with Crippen LogP contribution in [0.2, 0.25) is 0 Å². The maximum atomic E-state index is 12.4. The minimum atomic E-state index is -2.83. The van der Waals surface area contributed by atoms with Gasteiger partial charge in [0.05, 0.1) is 6.20 Å². The van der Waals surface area contributed by atoms with Gasteiger partial charge in [-0.05, 0) is 25.1 Å². The Morgan fingerprint density at radius 2 is 2.10 bits per heavy atom. The van der Waals surface area contributed by atoms with Crippen molar-refractivity contribution in [3.63, 3.8) is 0 Å². The standard InChI is InChI=1S/C14H17F2N3O/c1-17-12(7-10-8-18-19(2)9-10)11-5-3-4-6-13(11)20-14(15)16/h3-6,8-9,12,14,17H,7H2,1-2H3. The molecule has 20 heavy (non-hydrogen) atoms. The van der Waals surface area contributed by atoms with Gasteiger partial charge < -0.3 is 10.1 Å². The Bertz CT molecular complexity index is 557. The Morgan fingerprint density at radius 3 is 2.70 bits per heavy atom. The Hall–Kier alpha value is -1.95. The van der Waals surface area contributed by atoms with E-state index in [0.717, 1.165) is 5.56 Å². The van der Waals surface area contributed by atoms with E-state index in [2.05, 4.69) is 15.2 Å². The lowest BCUT2D eigenvalue weighted by Crippen LogP contribution is -2.20. The number of halogens is 2. The van der Waals surface area contributed by atoms with Crippen molar-refractivity contribution < 1.29 is 13.5 Å². The van der Waals surface area contributed by atoms with Crippen molar-refractivity contribution in [1.29, 1.82) is 0 Å². The summed E-state index contributed by atoms with van der Waals surface area (Å²) in [6.07, 6.45) is 4.32. The number of rotatable bonds is 6. The maximum absolute atomic E-state index is 12.4. The predicted molar refractivity (Wildman–Crippen MR) is 71.8 cm³/mol. The lowest BCUT2D eigenvalue weighted by Gasteiger charge is -2.19. The van der Waals surface area contributed by atoms with Gasteiger partial charge in [0.1, 0.15) is 5.75 Å². The van der Waals surface area contributed by atoms with Gasteiger partial charge in [-0.2, -0.15) is 13.9 Å². The first-order valence-corrected chi connectivity index (χ1v) is 6.28. The van der Waals surface area contributed by atoms with Crippen LogP contribution in [0.3, 0.4) is 0 Å². The van der Waals surface area contributed by atoms with Gasteiger partial charge in [0, 0.05) is 24.8 Å². The van der Waals surface area contributed by atoms with Crippen molar-refractivity contribution in [2.24, 2.45) is 7.05 Å². The molecule has 1 N–H and O–H groups in total. The topological polar surface area (TPSA) is 39.1 Å². The van der Waals surface area contributed by atoms with E-state index < -0.39 is 6.61 Å². The number of hydrogen-bond acceptors (Lipinski definition) is 3. The van der Waals surface area contributed by atoms with E-state index in [4.69, 9.17) is 0 Å². The number of benzene rings is 1. The molecule has 2 rings (SSSR count). The molecule has 0 spiro atoms. The monoisotopic (exact) mass is 281 g/mol. The average molecular weight is 281 g/mol. The van der Waals surface area contributed by atoms with Crippen molar-refractivity contribution in [2.45, 2.75) is 19.1 Å². The molecule has 0 amide bonds. The highest BCUT2D eigenvalue weighted by molar-refractivity contribution is 5.36. The molecule has 0 bridgehead atoms. The van der Waals surface area contributed by atoms with Gasteiger partial charge >= 0.3 is 6.61 Å². The largest absolute Gasteiger partial charge is 0.434 e. The van der Waals surface area contributed by atoms with Crippen LogP contribution in [0, 0.1) is 0 Å². The summed E-state index contributed by atoms with van der Waals surface area (Å²) in [6.45, 7) is -2.83. The number of aromatic nitrogens is 2. The summed E-state index contributed by atoms with van der Waals surface area (Å²) < 4.78 is 31.2. The van der Waals surface area contributed by atoms with Crippen molar-refractivity contribution in [2.75, 3.05) is 7.05 Å². The van der Waals surface area contributed by atoms with Crippen molar-refractivity contribution in [3.05, 3.63) is 47.8 Å². The van der Waals surface area contributed by atoms with Gasteiger partial charge in [0.2, 0.25) is 0 Å². The van der Waals surface area contributed by atoms with Gasteiger partial charge in [0.15, 0.2) is 0 Å². The normalized spacial score (nSPS) is 12.7. The fourth-order valence-electron chi connectivity index (χ4n) is 2.15. The second-order valence-corrected chi connectivity index (χ2v) is 4.48. The van der Waals surface area contributed by atoms with Gasteiger partial charge in [-0.15, -0.1) is 0 Å². The van der Waals surface area contributed by atoms with Gasteiger partial charge in [-0.1, -0.05) is 18.2 Å². The molecular weight excluding hydrogens is 264 g/mol. The second-order valence-electron chi connectivity index (χ2n) is 4.48. The number of nitrogens with one attached hydrogen (secondary N) is 1. The average Bonchev–Trinajstić information content (AvgIpc) is 2.82. The van der Waals surface area contributed by atoms with Crippen LogP contribution >= 0.6 is 0 Å². The molecule has 2 aromatic rings. The fourth-order valence-corrected chi connectivity index (χ4v) is 2.15. The molecule has 0 aliphatic rings. The highest BCUT2D eigenvalue weighted by atomic mass is 19.3. The molecule has 1 aromatic heterocycles. The van der Waals surface area contributed by atoms with Crippen LogP contribution in [0.1, 0.15) is 17.2 Å². The first-order valence-electron chi connectivity index (χ1n) is 6.28. The molecule has 1 heterocycles. The van der Waals surface area contributed by atoms with Crippen molar-refractivity contribution in [3.8, 4) is 5.75 Å². The quantitative estimate of drug-likeness (QED) is 0.884. The number of para-hydroxylation sites is 1. The van der Waals surface area contributed by atoms with Crippen LogP contribution in [-0.2, 0) is 13.5 Å². The van der Waals surface area contributed by atoms with E-state index in [1.165, 1.54) is 0 Å². The SMILES string of the molecule is CNC(Cc1cnn(C)c1)c1ccccc1OC(F)F. The number of hydrogen-bond donors (Lipinski definition) is 1. The third-order valence-electron chi connectivity index (χ3n) is 3.06. The number of nitrogens with zero attached hydrogens (tertiary/aromatic N) is 2. The molecule has 1 atom stereocenters. The van der Waals surface area contributed by atoms with Crippen molar-refractivity contribution in [1.82, 2.24) is 15.1 Å². The molecule has 0 radical (unpaired) electrons. The molecule has 0 saturated carbocycles. The zero-order valence-electron chi connectivity index (χ0n) is 11.4. The molecular formula is C14H17F2N3O. The highest BCUT2D eigenvalue weighted by Gasteiger charge is 2.17.